The van der Waals surface area contributed by atoms with Gasteiger partial charge < -0.3 is 4.43 Å². The van der Waals surface area contributed by atoms with E-state index in [2.05, 4.69) is 117 Å². The van der Waals surface area contributed by atoms with Crippen molar-refractivity contribution in [3.63, 3.8) is 0 Å². The van der Waals surface area contributed by atoms with E-state index in [1.54, 1.807) is 0 Å². The highest BCUT2D eigenvalue weighted by Gasteiger charge is 2.27. The maximum Gasteiger partial charge on any atom is 0.171 e. The lowest BCUT2D eigenvalue weighted by Gasteiger charge is -2.33. The van der Waals surface area contributed by atoms with Gasteiger partial charge in [0.25, 0.3) is 0 Å². The zero-order chi connectivity index (χ0) is 22.4. The fourth-order valence-electron chi connectivity index (χ4n) is 3.52. The van der Waals surface area contributed by atoms with Gasteiger partial charge in [-0.25, -0.2) is 4.99 Å². The molecule has 3 aromatic rings. The summed E-state index contributed by atoms with van der Waals surface area (Å²) in [4.78, 5) is 5.21. The molecule has 0 aliphatic heterocycles. The molecule has 0 aliphatic rings. The van der Waals surface area contributed by atoms with Crippen molar-refractivity contribution in [1.29, 1.82) is 0 Å². The van der Waals surface area contributed by atoms with Crippen LogP contribution in [-0.2, 0) is 10.8 Å². The molecule has 0 bridgehead atoms. The summed E-state index contributed by atoms with van der Waals surface area (Å²) in [6, 6.07) is 27.2. The normalized spacial score (nSPS) is 12.6. The number of halogens is 1. The van der Waals surface area contributed by atoms with E-state index >= 15 is 0 Å². The molecule has 1 atom stereocenters. The second-order valence-electron chi connectivity index (χ2n) is 9.21. The van der Waals surface area contributed by atoms with Gasteiger partial charge in [0.05, 0.1) is 17.5 Å². The maximum absolute atomic E-state index is 6.46. The van der Waals surface area contributed by atoms with E-state index < -0.39 is 9.04 Å². The molecule has 1 unspecified atom stereocenters. The lowest BCUT2D eigenvalue weighted by atomic mass is 9.85. The second kappa shape index (κ2) is 10.5. The number of rotatable bonds is 7. The zero-order valence-corrected chi connectivity index (χ0v) is 21.8. The summed E-state index contributed by atoms with van der Waals surface area (Å²) < 4.78 is 7.53. The third-order valence-corrected chi connectivity index (χ3v) is 6.54. The molecule has 0 amide bonds. The molecular formula is C27H32BrNOSi. The fraction of sp³-hybridized carbons (Fsp3) is 0.296. The van der Waals surface area contributed by atoms with Gasteiger partial charge in [0, 0.05) is 22.0 Å². The fourth-order valence-corrected chi connectivity index (χ4v) is 5.09. The molecule has 0 aliphatic carbocycles. The van der Waals surface area contributed by atoms with Gasteiger partial charge in [-0.1, -0.05) is 97.4 Å². The van der Waals surface area contributed by atoms with Crippen molar-refractivity contribution < 1.29 is 4.43 Å². The molecule has 0 spiro atoms. The van der Waals surface area contributed by atoms with Crippen LogP contribution >= 0.6 is 15.9 Å². The number of benzene rings is 3. The molecule has 2 nitrogen and oxygen atoms in total. The van der Waals surface area contributed by atoms with Gasteiger partial charge in [-0.05, 0) is 42.3 Å². The van der Waals surface area contributed by atoms with Crippen molar-refractivity contribution in [2.75, 3.05) is 0 Å². The second-order valence-corrected chi connectivity index (χ2v) is 12.5. The molecule has 0 N–H and O–H groups in total. The van der Waals surface area contributed by atoms with Crippen molar-refractivity contribution in [2.24, 2.45) is 10.4 Å². The van der Waals surface area contributed by atoms with Gasteiger partial charge in [0.2, 0.25) is 0 Å². The van der Waals surface area contributed by atoms with Crippen LogP contribution in [0.25, 0.3) is 0 Å². The maximum atomic E-state index is 6.46. The van der Waals surface area contributed by atoms with Gasteiger partial charge in [-0.15, -0.1) is 0 Å². The summed E-state index contributed by atoms with van der Waals surface area (Å²) in [5.74, 6) is 0. The minimum absolute atomic E-state index is 0.0578. The van der Waals surface area contributed by atoms with E-state index in [0.29, 0.717) is 0 Å². The van der Waals surface area contributed by atoms with E-state index in [0.717, 1.165) is 33.4 Å². The van der Waals surface area contributed by atoms with Crippen LogP contribution in [0.2, 0.25) is 13.1 Å². The van der Waals surface area contributed by atoms with E-state index in [1.807, 2.05) is 12.1 Å². The summed E-state index contributed by atoms with van der Waals surface area (Å²) in [6.07, 6.45) is 0.989. The highest BCUT2D eigenvalue weighted by atomic mass is 79.9. The van der Waals surface area contributed by atoms with E-state index in [9.17, 15) is 0 Å². The van der Waals surface area contributed by atoms with Crippen LogP contribution in [0.3, 0.4) is 0 Å². The van der Waals surface area contributed by atoms with E-state index in [-0.39, 0.29) is 11.5 Å². The topological polar surface area (TPSA) is 21.6 Å². The molecule has 3 rings (SSSR count). The monoisotopic (exact) mass is 493 g/mol. The van der Waals surface area contributed by atoms with Gasteiger partial charge in [0.15, 0.2) is 9.04 Å². The van der Waals surface area contributed by atoms with E-state index in [1.165, 1.54) is 5.56 Å². The van der Waals surface area contributed by atoms with Crippen molar-refractivity contribution in [1.82, 2.24) is 0 Å². The number of aliphatic imine (C=N–C) groups is 1. The molecule has 0 radical (unpaired) electrons. The minimum atomic E-state index is -1.17. The van der Waals surface area contributed by atoms with Crippen LogP contribution in [-0.4, -0.2) is 20.9 Å². The van der Waals surface area contributed by atoms with Crippen LogP contribution in [0.1, 0.15) is 37.5 Å². The molecule has 3 aromatic carbocycles. The first-order valence-corrected chi connectivity index (χ1v) is 14.4. The van der Waals surface area contributed by atoms with Gasteiger partial charge in [-0.3, -0.25) is 0 Å². The summed E-state index contributed by atoms with van der Waals surface area (Å²) in [5, 5.41) is 0. The molecule has 0 heterocycles. The van der Waals surface area contributed by atoms with Gasteiger partial charge in [-0.2, -0.15) is 0 Å². The zero-order valence-electron chi connectivity index (χ0n) is 19.1. The molecule has 4 heteroatoms. The summed E-state index contributed by atoms with van der Waals surface area (Å²) in [6.45, 7) is 11.3. The summed E-state index contributed by atoms with van der Waals surface area (Å²) in [7, 11) is -1.17. The summed E-state index contributed by atoms with van der Waals surface area (Å²) >= 11 is 3.66. The van der Waals surface area contributed by atoms with Crippen LogP contribution in [0.4, 0.5) is 5.69 Å². The van der Waals surface area contributed by atoms with Crippen molar-refractivity contribution >= 4 is 36.4 Å². The van der Waals surface area contributed by atoms with Crippen molar-refractivity contribution in [2.45, 2.75) is 46.4 Å². The van der Waals surface area contributed by atoms with Gasteiger partial charge in [0.1, 0.15) is 0 Å². The number of hydrogen-bond donors (Lipinski definition) is 0. The van der Waals surface area contributed by atoms with E-state index in [4.69, 9.17) is 9.42 Å². The Bertz CT molecular complexity index is 969. The first-order valence-electron chi connectivity index (χ1n) is 10.9. The molecule has 0 saturated carbocycles. The Kier molecular flexibility index (Phi) is 8.04. The third kappa shape index (κ3) is 6.73. The lowest BCUT2D eigenvalue weighted by Crippen LogP contribution is -2.35. The van der Waals surface area contributed by atoms with Crippen LogP contribution < -0.4 is 0 Å². The van der Waals surface area contributed by atoms with Crippen LogP contribution in [0, 0.1) is 5.41 Å². The molecule has 31 heavy (non-hydrogen) atoms. The summed E-state index contributed by atoms with van der Waals surface area (Å²) in [5.41, 5.74) is 5.46. The Morgan fingerprint density at radius 1 is 0.903 bits per heavy atom. The molecule has 0 saturated heterocycles. The smallest absolute Gasteiger partial charge is 0.171 e. The number of nitrogens with zero attached hydrogens (tertiary/aromatic N) is 1. The Balaban J connectivity index is 2.09. The molecule has 0 fully saturated rings. The predicted octanol–water partition coefficient (Wildman–Crippen LogP) is 7.58. The number of hydrogen-bond acceptors (Lipinski definition) is 2. The van der Waals surface area contributed by atoms with Crippen LogP contribution in [0.15, 0.2) is 88.3 Å². The highest BCUT2D eigenvalue weighted by molar-refractivity contribution is 9.10. The first-order chi connectivity index (χ1) is 14.7. The van der Waals surface area contributed by atoms with Gasteiger partial charge >= 0.3 is 0 Å². The van der Waals surface area contributed by atoms with Crippen molar-refractivity contribution in [3.8, 4) is 0 Å². The molecule has 162 valence electrons. The standard InChI is InChI=1S/C27H32BrNOSi/c1-27(2,3)25(30-31(4)5)19-22-18-23(28)16-17-24(22)29-26(20-12-8-6-9-13-20)21-14-10-7-11-15-21/h6-18,25,31H,19H2,1-5H3. The predicted molar refractivity (Wildman–Crippen MR) is 139 cm³/mol. The quantitative estimate of drug-likeness (QED) is 0.245. The SMILES string of the molecule is C[SiH](C)OC(Cc1cc(Br)ccc1N=C(c1ccccc1)c1ccccc1)C(C)(C)C. The first kappa shape index (κ1) is 23.6. The molecule has 0 aromatic heterocycles. The largest absolute Gasteiger partial charge is 0.417 e. The Hall–Kier alpha value is -2.01. The average molecular weight is 495 g/mol. The highest BCUT2D eigenvalue weighted by Crippen LogP contribution is 2.32. The van der Waals surface area contributed by atoms with Crippen molar-refractivity contribution in [3.05, 3.63) is 100 Å². The third-order valence-electron chi connectivity index (χ3n) is 5.18. The Morgan fingerprint density at radius 2 is 1.45 bits per heavy atom. The molecular weight excluding hydrogens is 462 g/mol. The Morgan fingerprint density at radius 3 is 1.94 bits per heavy atom. The average Bonchev–Trinajstić information content (AvgIpc) is 2.73. The lowest BCUT2D eigenvalue weighted by molar-refractivity contribution is 0.0868. The van der Waals surface area contributed by atoms with Crippen LogP contribution in [0.5, 0.6) is 0 Å². The Labute approximate surface area is 197 Å². The minimum Gasteiger partial charge on any atom is -0.417 e.